The van der Waals surface area contributed by atoms with Gasteiger partial charge in [-0.2, -0.15) is 0 Å². The molecule has 0 saturated carbocycles. The lowest BCUT2D eigenvalue weighted by Crippen LogP contribution is -2.46. The summed E-state index contributed by atoms with van der Waals surface area (Å²) < 4.78 is 5.31. The number of rotatable bonds is 2. The lowest BCUT2D eigenvalue weighted by Gasteiger charge is -2.33. The molecular weight excluding hydrogens is 306 g/mol. The fourth-order valence-electron chi connectivity index (χ4n) is 2.39. The van der Waals surface area contributed by atoms with E-state index in [9.17, 15) is 9.90 Å². The second-order valence-corrected chi connectivity index (χ2v) is 11.7. The Kier molecular flexibility index (Phi) is 5.86. The topological polar surface area (TPSA) is 49.8 Å². The molecule has 23 heavy (non-hydrogen) atoms. The summed E-state index contributed by atoms with van der Waals surface area (Å²) in [7, 11) is -1.44. The lowest BCUT2D eigenvalue weighted by atomic mass is 9.95. The molecule has 4 nitrogen and oxygen atoms in total. The number of amides is 1. The Morgan fingerprint density at radius 1 is 1.35 bits per heavy atom. The second-order valence-electron chi connectivity index (χ2n) is 6.97. The summed E-state index contributed by atoms with van der Waals surface area (Å²) >= 11 is 0. The van der Waals surface area contributed by atoms with Crippen molar-refractivity contribution in [1.29, 1.82) is 0 Å². The molecule has 1 heterocycles. The number of piperidine rings is 1. The van der Waals surface area contributed by atoms with Gasteiger partial charge in [-0.1, -0.05) is 50.0 Å². The number of aliphatic hydroxyl groups excluding tert-OH is 1. The first-order valence-corrected chi connectivity index (χ1v) is 11.5. The molecule has 1 amide bonds. The number of β-amino-alcohol motifs (C(OH)–C–C–N with tert-alkyl or cyclic N) is 1. The third kappa shape index (κ3) is 5.74. The van der Waals surface area contributed by atoms with Gasteiger partial charge in [-0.25, -0.2) is 4.79 Å². The van der Waals surface area contributed by atoms with E-state index in [2.05, 4.69) is 31.1 Å². The minimum Gasteiger partial charge on any atom is -0.445 e. The Bertz CT molecular complexity index is 586. The van der Waals surface area contributed by atoms with E-state index in [1.807, 2.05) is 30.3 Å². The van der Waals surface area contributed by atoms with Crippen molar-refractivity contribution < 1.29 is 14.6 Å². The first-order chi connectivity index (χ1) is 10.8. The number of benzene rings is 1. The Labute approximate surface area is 139 Å². The molecule has 124 valence electrons. The number of hydrogen-bond donors (Lipinski definition) is 1. The Balaban J connectivity index is 1.84. The van der Waals surface area contributed by atoms with E-state index in [0.717, 1.165) is 5.56 Å². The quantitative estimate of drug-likeness (QED) is 0.670. The Morgan fingerprint density at radius 2 is 2.04 bits per heavy atom. The number of likely N-dealkylation sites (tertiary alicyclic amines) is 1. The molecule has 0 aliphatic carbocycles. The number of carbonyl (C=O) groups is 1. The highest BCUT2D eigenvalue weighted by Crippen LogP contribution is 2.18. The summed E-state index contributed by atoms with van der Waals surface area (Å²) in [4.78, 5) is 13.7. The van der Waals surface area contributed by atoms with Gasteiger partial charge in [0, 0.05) is 12.5 Å². The molecule has 1 saturated heterocycles. The predicted octanol–water partition coefficient (Wildman–Crippen LogP) is 2.89. The minimum absolute atomic E-state index is 0.0418. The van der Waals surface area contributed by atoms with Gasteiger partial charge >= 0.3 is 6.09 Å². The lowest BCUT2D eigenvalue weighted by molar-refractivity contribution is 0.0292. The van der Waals surface area contributed by atoms with E-state index >= 15 is 0 Å². The van der Waals surface area contributed by atoms with Gasteiger partial charge in [-0.15, -0.1) is 11.5 Å². The zero-order chi connectivity index (χ0) is 16.9. The first-order valence-electron chi connectivity index (χ1n) is 8.01. The van der Waals surface area contributed by atoms with Gasteiger partial charge in [-0.3, -0.25) is 0 Å². The molecule has 1 aliphatic rings. The fourth-order valence-corrected chi connectivity index (χ4v) is 3.00. The molecule has 1 aromatic carbocycles. The summed E-state index contributed by atoms with van der Waals surface area (Å²) in [6, 6.07) is 9.58. The van der Waals surface area contributed by atoms with Crippen LogP contribution in [0.2, 0.25) is 19.6 Å². The summed E-state index contributed by atoms with van der Waals surface area (Å²) in [6.07, 6.45) is -0.277. The molecule has 0 aromatic heterocycles. The van der Waals surface area contributed by atoms with Crippen LogP contribution in [0.3, 0.4) is 0 Å². The highest BCUT2D eigenvalue weighted by atomic mass is 28.3. The van der Waals surface area contributed by atoms with E-state index in [0.29, 0.717) is 19.5 Å². The highest BCUT2D eigenvalue weighted by molar-refractivity contribution is 6.83. The van der Waals surface area contributed by atoms with Crippen LogP contribution in [0.25, 0.3) is 0 Å². The molecule has 0 radical (unpaired) electrons. The van der Waals surface area contributed by atoms with Crippen molar-refractivity contribution >= 4 is 14.2 Å². The summed E-state index contributed by atoms with van der Waals surface area (Å²) in [5, 5.41) is 10.2. The number of carbonyl (C=O) groups excluding carboxylic acids is 1. The summed E-state index contributed by atoms with van der Waals surface area (Å²) in [5.41, 5.74) is 4.26. The fraction of sp³-hybridized carbons (Fsp3) is 0.500. The van der Waals surface area contributed by atoms with Crippen molar-refractivity contribution in [3.63, 3.8) is 0 Å². The van der Waals surface area contributed by atoms with E-state index in [4.69, 9.17) is 4.74 Å². The summed E-state index contributed by atoms with van der Waals surface area (Å²) in [6.45, 7) is 7.67. The molecule has 2 atom stereocenters. The zero-order valence-corrected chi connectivity index (χ0v) is 15.1. The van der Waals surface area contributed by atoms with Crippen LogP contribution in [0.5, 0.6) is 0 Å². The second kappa shape index (κ2) is 7.67. The molecule has 1 aliphatic heterocycles. The maximum absolute atomic E-state index is 12.1. The van der Waals surface area contributed by atoms with Crippen LogP contribution >= 0.6 is 0 Å². The maximum Gasteiger partial charge on any atom is 0.410 e. The number of aliphatic hydroxyl groups is 1. The molecule has 0 spiro atoms. The molecule has 1 fully saturated rings. The molecule has 5 heteroatoms. The van der Waals surface area contributed by atoms with Crippen LogP contribution in [0.4, 0.5) is 4.79 Å². The van der Waals surface area contributed by atoms with Crippen molar-refractivity contribution in [2.45, 2.75) is 38.8 Å². The van der Waals surface area contributed by atoms with Crippen molar-refractivity contribution in [3.8, 4) is 11.5 Å². The van der Waals surface area contributed by atoms with Gasteiger partial charge in [-0.05, 0) is 12.0 Å². The monoisotopic (exact) mass is 331 g/mol. The van der Waals surface area contributed by atoms with Crippen molar-refractivity contribution in [3.05, 3.63) is 35.9 Å². The van der Waals surface area contributed by atoms with Gasteiger partial charge in [0.2, 0.25) is 0 Å². The number of ether oxygens (including phenoxy) is 1. The molecule has 1 aromatic rings. The van der Waals surface area contributed by atoms with Crippen LogP contribution in [0.15, 0.2) is 30.3 Å². The maximum atomic E-state index is 12.1. The van der Waals surface area contributed by atoms with Crippen molar-refractivity contribution in [2.75, 3.05) is 13.1 Å². The smallest absolute Gasteiger partial charge is 0.410 e. The van der Waals surface area contributed by atoms with E-state index in [1.54, 1.807) is 4.90 Å². The zero-order valence-electron chi connectivity index (χ0n) is 14.1. The molecule has 0 bridgehead atoms. The molecular formula is C18H25NO3Si. The SMILES string of the molecule is C[Si](C)(C)C#C[C@H]1CCN(C(=O)OCc2ccccc2)C[C@@H]1O. The number of nitrogens with zero attached hydrogens (tertiary/aromatic N) is 1. The van der Waals surface area contributed by atoms with Crippen LogP contribution in [-0.2, 0) is 11.3 Å². The third-order valence-corrected chi connectivity index (χ3v) is 4.57. The van der Waals surface area contributed by atoms with Gasteiger partial charge in [0.05, 0.1) is 12.6 Å². The average molecular weight is 331 g/mol. The largest absolute Gasteiger partial charge is 0.445 e. The summed E-state index contributed by atoms with van der Waals surface area (Å²) in [5.74, 6) is 3.17. The standard InChI is InChI=1S/C18H25NO3Si/c1-23(2,3)12-10-16-9-11-19(13-17(16)20)18(21)22-14-15-7-5-4-6-8-15/h4-8,16-17,20H,9,11,13-14H2,1-3H3/t16-,17+/m1/s1. The van der Waals surface area contributed by atoms with Crippen LogP contribution in [0, 0.1) is 17.4 Å². The number of hydrogen-bond acceptors (Lipinski definition) is 3. The minimum atomic E-state index is -1.44. The normalized spacial score (nSPS) is 21.3. The van der Waals surface area contributed by atoms with E-state index < -0.39 is 14.2 Å². The van der Waals surface area contributed by atoms with Crippen molar-refractivity contribution in [2.24, 2.45) is 5.92 Å². The molecule has 2 rings (SSSR count). The van der Waals surface area contributed by atoms with E-state index in [1.165, 1.54) is 0 Å². The first kappa shape index (κ1) is 17.6. The van der Waals surface area contributed by atoms with Gasteiger partial charge in [0.15, 0.2) is 0 Å². The van der Waals surface area contributed by atoms with Crippen LogP contribution in [-0.4, -0.2) is 43.4 Å². The average Bonchev–Trinajstić information content (AvgIpc) is 2.51. The highest BCUT2D eigenvalue weighted by Gasteiger charge is 2.30. The third-order valence-electron chi connectivity index (χ3n) is 3.68. The molecule has 0 unspecified atom stereocenters. The van der Waals surface area contributed by atoms with Gasteiger partial charge in [0.25, 0.3) is 0 Å². The van der Waals surface area contributed by atoms with Gasteiger partial charge in [0.1, 0.15) is 14.7 Å². The van der Waals surface area contributed by atoms with Crippen molar-refractivity contribution in [1.82, 2.24) is 4.90 Å². The molecule has 1 N–H and O–H groups in total. The Hall–Kier alpha value is -1.77. The van der Waals surface area contributed by atoms with E-state index in [-0.39, 0.29) is 18.6 Å². The Morgan fingerprint density at radius 3 is 2.65 bits per heavy atom. The predicted molar refractivity (Wildman–Crippen MR) is 93.4 cm³/mol. The van der Waals surface area contributed by atoms with Gasteiger partial charge < -0.3 is 14.7 Å². The van der Waals surface area contributed by atoms with Crippen LogP contribution < -0.4 is 0 Å². The van der Waals surface area contributed by atoms with Crippen LogP contribution in [0.1, 0.15) is 12.0 Å².